The van der Waals surface area contributed by atoms with Crippen LogP contribution in [0.3, 0.4) is 0 Å². The quantitative estimate of drug-likeness (QED) is 0.890. The summed E-state index contributed by atoms with van der Waals surface area (Å²) in [4.78, 5) is 0. The van der Waals surface area contributed by atoms with Crippen molar-refractivity contribution in [2.24, 2.45) is 5.92 Å². The third kappa shape index (κ3) is 2.33. The number of rotatable bonds is 3. The predicted octanol–water partition coefficient (Wildman–Crippen LogP) is 4.61. The van der Waals surface area contributed by atoms with E-state index in [1.54, 1.807) is 0 Å². The molecule has 108 valence electrons. The van der Waals surface area contributed by atoms with Crippen molar-refractivity contribution >= 4 is 11.3 Å². The second kappa shape index (κ2) is 5.57. The lowest BCUT2D eigenvalue weighted by Gasteiger charge is -2.16. The maximum Gasteiger partial charge on any atom is 0.196 e. The van der Waals surface area contributed by atoms with Gasteiger partial charge in [-0.1, -0.05) is 66.8 Å². The highest BCUT2D eigenvalue weighted by molar-refractivity contribution is 5.76. The number of fused-ring (bicyclic) bond motifs is 1. The first kappa shape index (κ1) is 13.0. The van der Waals surface area contributed by atoms with E-state index >= 15 is 0 Å². The molecule has 2 aromatic carbocycles. The molecule has 0 bridgehead atoms. The Morgan fingerprint density at radius 2 is 1.45 bits per heavy atom. The zero-order chi connectivity index (χ0) is 14.8. The molecule has 4 rings (SSSR count). The molecule has 2 aliphatic rings. The second-order valence-corrected chi connectivity index (χ2v) is 5.48. The average Bonchev–Trinajstić information content (AvgIpc) is 2.94. The van der Waals surface area contributed by atoms with E-state index in [1.165, 1.54) is 11.1 Å². The highest BCUT2D eigenvalue weighted by atomic mass is 16.5. The van der Waals surface area contributed by atoms with Gasteiger partial charge in [0, 0.05) is 17.2 Å². The number of anilines is 1. The SMILES string of the molecule is C1=CC2OC(Nc3ccccc3)=C(c3ccccc3)C2C=C1. The normalized spacial score (nSPS) is 22.4. The second-order valence-electron chi connectivity index (χ2n) is 5.48. The largest absolute Gasteiger partial charge is 0.470 e. The molecular weight excluding hydrogens is 270 g/mol. The highest BCUT2D eigenvalue weighted by Gasteiger charge is 2.35. The van der Waals surface area contributed by atoms with Gasteiger partial charge in [0.25, 0.3) is 0 Å². The Balaban J connectivity index is 1.76. The van der Waals surface area contributed by atoms with Crippen LogP contribution in [0.15, 0.2) is 90.9 Å². The first-order valence-corrected chi connectivity index (χ1v) is 7.55. The summed E-state index contributed by atoms with van der Waals surface area (Å²) >= 11 is 0. The number of ether oxygens (including phenoxy) is 1. The summed E-state index contributed by atoms with van der Waals surface area (Å²) in [6.45, 7) is 0. The van der Waals surface area contributed by atoms with Crippen LogP contribution in [-0.4, -0.2) is 6.10 Å². The maximum absolute atomic E-state index is 6.17. The monoisotopic (exact) mass is 287 g/mol. The molecule has 0 aromatic heterocycles. The van der Waals surface area contributed by atoms with E-state index in [2.05, 4.69) is 53.9 Å². The van der Waals surface area contributed by atoms with Crippen molar-refractivity contribution < 1.29 is 4.74 Å². The zero-order valence-electron chi connectivity index (χ0n) is 12.1. The fraction of sp³-hybridized carbons (Fsp3) is 0.100. The Bertz CT molecular complexity index is 744. The van der Waals surface area contributed by atoms with E-state index in [9.17, 15) is 0 Å². The number of para-hydroxylation sites is 1. The van der Waals surface area contributed by atoms with Gasteiger partial charge in [0.2, 0.25) is 0 Å². The van der Waals surface area contributed by atoms with E-state index in [-0.39, 0.29) is 12.0 Å². The van der Waals surface area contributed by atoms with E-state index in [1.807, 2.05) is 36.4 Å². The summed E-state index contributed by atoms with van der Waals surface area (Å²) in [6, 6.07) is 20.6. The minimum Gasteiger partial charge on any atom is -0.470 e. The summed E-state index contributed by atoms with van der Waals surface area (Å²) in [6.07, 6.45) is 8.56. The van der Waals surface area contributed by atoms with Crippen molar-refractivity contribution in [3.05, 3.63) is 96.4 Å². The van der Waals surface area contributed by atoms with Crippen molar-refractivity contribution in [2.75, 3.05) is 5.32 Å². The molecule has 1 heterocycles. The van der Waals surface area contributed by atoms with E-state index < -0.39 is 0 Å². The highest BCUT2D eigenvalue weighted by Crippen LogP contribution is 2.41. The van der Waals surface area contributed by atoms with Gasteiger partial charge < -0.3 is 10.1 Å². The number of benzene rings is 2. The van der Waals surface area contributed by atoms with Crippen LogP contribution in [-0.2, 0) is 4.74 Å². The smallest absolute Gasteiger partial charge is 0.196 e. The molecule has 1 aliphatic heterocycles. The standard InChI is InChI=1S/C20H17NO/c1-3-9-15(10-4-1)19-17-13-7-8-14-18(17)22-20(19)21-16-11-5-2-6-12-16/h1-14,17-18,21H. The number of nitrogens with one attached hydrogen (secondary N) is 1. The lowest BCUT2D eigenvalue weighted by Crippen LogP contribution is -2.15. The molecule has 1 aliphatic carbocycles. The third-order valence-electron chi connectivity index (χ3n) is 4.03. The van der Waals surface area contributed by atoms with Crippen LogP contribution < -0.4 is 5.32 Å². The van der Waals surface area contributed by atoms with Crippen molar-refractivity contribution in [2.45, 2.75) is 6.10 Å². The van der Waals surface area contributed by atoms with Gasteiger partial charge >= 0.3 is 0 Å². The molecule has 2 unspecified atom stereocenters. The van der Waals surface area contributed by atoms with Gasteiger partial charge in [-0.25, -0.2) is 0 Å². The number of allylic oxidation sites excluding steroid dienone is 2. The van der Waals surface area contributed by atoms with Crippen molar-refractivity contribution in [1.29, 1.82) is 0 Å². The van der Waals surface area contributed by atoms with Gasteiger partial charge in [0.05, 0.1) is 0 Å². The summed E-state index contributed by atoms with van der Waals surface area (Å²) in [5.74, 6) is 1.11. The van der Waals surface area contributed by atoms with Crippen LogP contribution in [0.4, 0.5) is 5.69 Å². The Morgan fingerprint density at radius 1 is 0.773 bits per heavy atom. The molecule has 0 fully saturated rings. The van der Waals surface area contributed by atoms with Crippen LogP contribution in [0.1, 0.15) is 5.56 Å². The molecule has 2 aromatic rings. The fourth-order valence-corrected chi connectivity index (χ4v) is 3.00. The Morgan fingerprint density at radius 3 is 2.23 bits per heavy atom. The molecule has 0 spiro atoms. The summed E-state index contributed by atoms with van der Waals surface area (Å²) in [5.41, 5.74) is 3.46. The zero-order valence-corrected chi connectivity index (χ0v) is 12.1. The number of hydrogen-bond donors (Lipinski definition) is 1. The van der Waals surface area contributed by atoms with Crippen LogP contribution >= 0.6 is 0 Å². The molecule has 0 saturated carbocycles. The van der Waals surface area contributed by atoms with E-state index in [4.69, 9.17) is 4.74 Å². The molecule has 0 amide bonds. The predicted molar refractivity (Wildman–Crippen MR) is 90.1 cm³/mol. The lowest BCUT2D eigenvalue weighted by atomic mass is 9.87. The Hall–Kier alpha value is -2.74. The van der Waals surface area contributed by atoms with E-state index in [0.29, 0.717) is 0 Å². The summed E-state index contributed by atoms with van der Waals surface area (Å²) < 4.78 is 6.17. The van der Waals surface area contributed by atoms with Crippen LogP contribution in [0.2, 0.25) is 0 Å². The Labute approximate surface area is 130 Å². The Kier molecular flexibility index (Phi) is 3.28. The first-order chi connectivity index (χ1) is 10.9. The van der Waals surface area contributed by atoms with Crippen LogP contribution in [0.5, 0.6) is 0 Å². The molecule has 1 N–H and O–H groups in total. The van der Waals surface area contributed by atoms with E-state index in [0.717, 1.165) is 11.6 Å². The minimum atomic E-state index is 0.0754. The lowest BCUT2D eigenvalue weighted by molar-refractivity contribution is 0.168. The van der Waals surface area contributed by atoms with Crippen LogP contribution in [0, 0.1) is 5.92 Å². The molecule has 2 atom stereocenters. The molecule has 0 saturated heterocycles. The molecule has 2 heteroatoms. The van der Waals surface area contributed by atoms with Gasteiger partial charge in [-0.05, 0) is 23.8 Å². The first-order valence-electron chi connectivity index (χ1n) is 7.55. The minimum absolute atomic E-state index is 0.0754. The van der Waals surface area contributed by atoms with Crippen molar-refractivity contribution in [1.82, 2.24) is 0 Å². The number of hydrogen-bond acceptors (Lipinski definition) is 2. The molecule has 2 nitrogen and oxygen atoms in total. The third-order valence-corrected chi connectivity index (χ3v) is 4.03. The maximum atomic E-state index is 6.17. The van der Waals surface area contributed by atoms with Gasteiger partial charge in [0.15, 0.2) is 5.88 Å². The molecule has 22 heavy (non-hydrogen) atoms. The average molecular weight is 287 g/mol. The van der Waals surface area contributed by atoms with Gasteiger partial charge in [-0.3, -0.25) is 0 Å². The van der Waals surface area contributed by atoms with Gasteiger partial charge in [0.1, 0.15) is 6.10 Å². The van der Waals surface area contributed by atoms with Gasteiger partial charge in [-0.15, -0.1) is 0 Å². The summed E-state index contributed by atoms with van der Waals surface area (Å²) in [7, 11) is 0. The summed E-state index contributed by atoms with van der Waals surface area (Å²) in [5, 5.41) is 3.44. The van der Waals surface area contributed by atoms with Crippen LogP contribution in [0.25, 0.3) is 5.57 Å². The van der Waals surface area contributed by atoms with Crippen molar-refractivity contribution in [3.8, 4) is 0 Å². The van der Waals surface area contributed by atoms with Gasteiger partial charge in [-0.2, -0.15) is 0 Å². The molecule has 0 radical (unpaired) electrons. The topological polar surface area (TPSA) is 21.3 Å². The van der Waals surface area contributed by atoms with Crippen molar-refractivity contribution in [3.63, 3.8) is 0 Å². The molecular formula is C20H17NO. The fourth-order valence-electron chi connectivity index (χ4n) is 3.00.